The monoisotopic (exact) mass is 351 g/mol. The van der Waals surface area contributed by atoms with Gasteiger partial charge in [-0.05, 0) is 24.6 Å². The minimum Gasteiger partial charge on any atom is -0.351 e. The first-order valence-electron chi connectivity index (χ1n) is 8.32. The first-order valence-corrected chi connectivity index (χ1v) is 9.20. The molecule has 0 bridgehead atoms. The van der Waals surface area contributed by atoms with Crippen LogP contribution in [0.2, 0.25) is 0 Å². The molecule has 1 heterocycles. The highest BCUT2D eigenvalue weighted by Gasteiger charge is 2.21. The number of rotatable bonds is 7. The van der Waals surface area contributed by atoms with Crippen LogP contribution in [0.4, 0.5) is 0 Å². The van der Waals surface area contributed by atoms with Crippen molar-refractivity contribution in [1.29, 1.82) is 0 Å². The van der Waals surface area contributed by atoms with Gasteiger partial charge in [0.1, 0.15) is 5.25 Å². The molecule has 0 saturated heterocycles. The van der Waals surface area contributed by atoms with Crippen LogP contribution in [0.3, 0.4) is 0 Å². The number of aryl methyl sites for hydroxylation is 1. The number of hydrogen-bond acceptors (Lipinski definition) is 3. The van der Waals surface area contributed by atoms with Gasteiger partial charge < -0.3 is 5.32 Å². The molecule has 0 aliphatic rings. The molecule has 4 nitrogen and oxygen atoms in total. The Morgan fingerprint density at radius 3 is 2.44 bits per heavy atom. The molecule has 0 aliphatic heterocycles. The molecule has 3 rings (SSSR count). The number of thioether (sulfide) groups is 1. The Morgan fingerprint density at radius 2 is 1.80 bits per heavy atom. The van der Waals surface area contributed by atoms with E-state index in [0.717, 1.165) is 22.6 Å². The van der Waals surface area contributed by atoms with Crippen LogP contribution in [0.25, 0.3) is 0 Å². The van der Waals surface area contributed by atoms with Crippen molar-refractivity contribution in [2.75, 3.05) is 0 Å². The molecule has 0 spiro atoms. The van der Waals surface area contributed by atoms with E-state index >= 15 is 0 Å². The molecule has 1 amide bonds. The molecule has 1 aromatic heterocycles. The number of nitrogens with one attached hydrogen (secondary N) is 1. The Bertz CT molecular complexity index is 802. The lowest BCUT2D eigenvalue weighted by Gasteiger charge is -2.17. The van der Waals surface area contributed by atoms with Gasteiger partial charge in [0, 0.05) is 29.7 Å². The number of carbonyl (C=O) groups is 1. The van der Waals surface area contributed by atoms with Crippen LogP contribution in [-0.4, -0.2) is 15.7 Å². The van der Waals surface area contributed by atoms with E-state index in [1.54, 1.807) is 18.0 Å². The molecule has 1 atom stereocenters. The molecule has 5 heteroatoms. The topological polar surface area (TPSA) is 46.9 Å². The van der Waals surface area contributed by atoms with Crippen molar-refractivity contribution in [3.05, 3.63) is 84.2 Å². The van der Waals surface area contributed by atoms with Gasteiger partial charge in [0.2, 0.25) is 5.91 Å². The third kappa shape index (κ3) is 4.73. The molecule has 128 valence electrons. The zero-order valence-electron chi connectivity index (χ0n) is 14.1. The molecule has 0 radical (unpaired) electrons. The molecule has 0 aliphatic carbocycles. The lowest BCUT2D eigenvalue weighted by Crippen LogP contribution is -2.27. The Kier molecular flexibility index (Phi) is 5.90. The number of amides is 1. The van der Waals surface area contributed by atoms with E-state index in [9.17, 15) is 4.79 Å². The highest BCUT2D eigenvalue weighted by atomic mass is 32.2. The van der Waals surface area contributed by atoms with E-state index in [1.807, 2.05) is 78.5 Å². The summed E-state index contributed by atoms with van der Waals surface area (Å²) in [4.78, 5) is 13.9. The van der Waals surface area contributed by atoms with Crippen LogP contribution in [0, 0.1) is 0 Å². The number of benzene rings is 2. The van der Waals surface area contributed by atoms with Crippen molar-refractivity contribution in [3.63, 3.8) is 0 Å². The van der Waals surface area contributed by atoms with E-state index in [4.69, 9.17) is 0 Å². The van der Waals surface area contributed by atoms with E-state index < -0.39 is 0 Å². The summed E-state index contributed by atoms with van der Waals surface area (Å²) < 4.78 is 1.86. The number of nitrogens with zero attached hydrogens (tertiary/aromatic N) is 2. The van der Waals surface area contributed by atoms with Gasteiger partial charge in [-0.1, -0.05) is 48.5 Å². The van der Waals surface area contributed by atoms with Crippen molar-refractivity contribution >= 4 is 17.7 Å². The summed E-state index contributed by atoms with van der Waals surface area (Å²) in [7, 11) is 0. The predicted octanol–water partition coefficient (Wildman–Crippen LogP) is 4.05. The second kappa shape index (κ2) is 8.53. The van der Waals surface area contributed by atoms with Crippen molar-refractivity contribution in [3.8, 4) is 0 Å². The minimum absolute atomic E-state index is 0.00398. The predicted molar refractivity (Wildman–Crippen MR) is 101 cm³/mol. The van der Waals surface area contributed by atoms with Crippen molar-refractivity contribution in [2.45, 2.75) is 30.2 Å². The molecule has 25 heavy (non-hydrogen) atoms. The van der Waals surface area contributed by atoms with Crippen LogP contribution in [0.5, 0.6) is 0 Å². The first-order chi connectivity index (χ1) is 12.3. The lowest BCUT2D eigenvalue weighted by atomic mass is 10.1. The summed E-state index contributed by atoms with van der Waals surface area (Å²) in [5.41, 5.74) is 2.00. The Morgan fingerprint density at radius 1 is 1.12 bits per heavy atom. The average molecular weight is 351 g/mol. The van der Waals surface area contributed by atoms with E-state index in [0.29, 0.717) is 6.54 Å². The average Bonchev–Trinajstić information content (AvgIpc) is 3.14. The number of carbonyl (C=O) groups excluding carboxylic acids is 1. The largest absolute Gasteiger partial charge is 0.351 e. The summed E-state index contributed by atoms with van der Waals surface area (Å²) in [6, 6.07) is 19.9. The van der Waals surface area contributed by atoms with Crippen molar-refractivity contribution < 1.29 is 4.79 Å². The fraction of sp³-hybridized carbons (Fsp3) is 0.200. The summed E-state index contributed by atoms with van der Waals surface area (Å²) in [5.74, 6) is 0.00398. The van der Waals surface area contributed by atoms with Crippen molar-refractivity contribution in [1.82, 2.24) is 15.1 Å². The summed E-state index contributed by atoms with van der Waals surface area (Å²) in [6.07, 6.45) is 3.76. The minimum atomic E-state index is -0.287. The number of hydrogen-bond donors (Lipinski definition) is 1. The van der Waals surface area contributed by atoms with Crippen LogP contribution >= 0.6 is 11.8 Å². The van der Waals surface area contributed by atoms with Gasteiger partial charge in [-0.2, -0.15) is 5.10 Å². The van der Waals surface area contributed by atoms with Gasteiger partial charge >= 0.3 is 0 Å². The molecular formula is C20H21N3OS. The second-order valence-electron chi connectivity index (χ2n) is 5.64. The summed E-state index contributed by atoms with van der Waals surface area (Å²) in [5, 5.41) is 7.00. The third-order valence-corrected chi connectivity index (χ3v) is 5.08. The standard InChI is InChI=1S/C20H21N3OS/c1-2-23-15-16(14-22-23)13-21-20(24)19(17-9-5-3-6-10-17)25-18-11-7-4-8-12-18/h3-12,14-15,19H,2,13H2,1H3,(H,21,24). The molecule has 2 aromatic carbocycles. The third-order valence-electron chi connectivity index (χ3n) is 3.82. The lowest BCUT2D eigenvalue weighted by molar-refractivity contribution is -0.120. The number of aromatic nitrogens is 2. The van der Waals surface area contributed by atoms with E-state index in [2.05, 4.69) is 10.4 Å². The maximum Gasteiger partial charge on any atom is 0.238 e. The van der Waals surface area contributed by atoms with Crippen LogP contribution in [0.15, 0.2) is 78.0 Å². The fourth-order valence-corrected chi connectivity index (χ4v) is 3.56. The summed E-state index contributed by atoms with van der Waals surface area (Å²) in [6.45, 7) is 3.35. The molecule has 0 saturated carbocycles. The van der Waals surface area contributed by atoms with E-state index in [-0.39, 0.29) is 11.2 Å². The van der Waals surface area contributed by atoms with Crippen LogP contribution in [-0.2, 0) is 17.9 Å². The van der Waals surface area contributed by atoms with Gasteiger partial charge in [0.05, 0.1) is 6.20 Å². The Labute approximate surface area is 152 Å². The maximum atomic E-state index is 12.8. The SMILES string of the molecule is CCn1cc(CNC(=O)C(Sc2ccccc2)c2ccccc2)cn1. The smallest absolute Gasteiger partial charge is 0.238 e. The maximum absolute atomic E-state index is 12.8. The van der Waals surface area contributed by atoms with E-state index in [1.165, 1.54) is 0 Å². The van der Waals surface area contributed by atoms with Crippen LogP contribution in [0.1, 0.15) is 23.3 Å². The zero-order chi connectivity index (χ0) is 17.5. The van der Waals surface area contributed by atoms with Crippen LogP contribution < -0.4 is 5.32 Å². The van der Waals surface area contributed by atoms with Gasteiger partial charge in [0.15, 0.2) is 0 Å². The zero-order valence-corrected chi connectivity index (χ0v) is 14.9. The molecule has 1 unspecified atom stereocenters. The fourth-order valence-electron chi connectivity index (χ4n) is 2.49. The quantitative estimate of drug-likeness (QED) is 0.653. The molecule has 1 N–H and O–H groups in total. The van der Waals surface area contributed by atoms with Gasteiger partial charge in [-0.3, -0.25) is 9.48 Å². The highest BCUT2D eigenvalue weighted by molar-refractivity contribution is 8.00. The van der Waals surface area contributed by atoms with Crippen molar-refractivity contribution in [2.24, 2.45) is 0 Å². The summed E-state index contributed by atoms with van der Waals surface area (Å²) >= 11 is 1.56. The Balaban J connectivity index is 1.72. The molecule has 3 aromatic rings. The van der Waals surface area contributed by atoms with Gasteiger partial charge in [-0.15, -0.1) is 11.8 Å². The molecule has 0 fully saturated rings. The normalized spacial score (nSPS) is 11.9. The molecular weight excluding hydrogens is 330 g/mol. The van der Waals surface area contributed by atoms with Gasteiger partial charge in [-0.25, -0.2) is 0 Å². The van der Waals surface area contributed by atoms with Gasteiger partial charge in [0.25, 0.3) is 0 Å². The Hall–Kier alpha value is -2.53. The first kappa shape index (κ1) is 17.3. The highest BCUT2D eigenvalue weighted by Crippen LogP contribution is 2.35. The second-order valence-corrected chi connectivity index (χ2v) is 6.82.